The summed E-state index contributed by atoms with van der Waals surface area (Å²) < 4.78 is 0. The van der Waals surface area contributed by atoms with E-state index in [1.165, 1.54) is 0 Å². The van der Waals surface area contributed by atoms with Crippen molar-refractivity contribution in [2.45, 2.75) is 12.8 Å². The van der Waals surface area contributed by atoms with Crippen LogP contribution in [0, 0.1) is 5.92 Å². The Hall–Kier alpha value is -1.59. The van der Waals surface area contributed by atoms with Gasteiger partial charge in [0, 0.05) is 12.1 Å². The van der Waals surface area contributed by atoms with Gasteiger partial charge in [-0.2, -0.15) is 0 Å². The lowest BCUT2D eigenvalue weighted by atomic mass is 9.96. The number of pyridine rings is 1. The van der Waals surface area contributed by atoms with E-state index in [9.17, 15) is 0 Å². The largest absolute Gasteiger partial charge is 0.391 e. The molecule has 0 amide bonds. The van der Waals surface area contributed by atoms with Crippen molar-refractivity contribution in [3.05, 3.63) is 36.5 Å². The van der Waals surface area contributed by atoms with E-state index in [1.807, 2.05) is 23.3 Å². The average molecular weight is 232 g/mol. The number of hydrazine groups is 1. The zero-order valence-electron chi connectivity index (χ0n) is 9.60. The summed E-state index contributed by atoms with van der Waals surface area (Å²) in [6, 6.07) is 3.90. The van der Waals surface area contributed by atoms with Crippen LogP contribution in [0.1, 0.15) is 12.8 Å². The lowest BCUT2D eigenvalue weighted by Gasteiger charge is -2.21. The van der Waals surface area contributed by atoms with Crippen LogP contribution >= 0.6 is 0 Å². The van der Waals surface area contributed by atoms with Crippen LogP contribution in [0.4, 0.5) is 5.69 Å². The summed E-state index contributed by atoms with van der Waals surface area (Å²) >= 11 is 0. The Morgan fingerprint density at radius 3 is 3.00 bits per heavy atom. The lowest BCUT2D eigenvalue weighted by Crippen LogP contribution is -2.29. The van der Waals surface area contributed by atoms with Crippen molar-refractivity contribution in [1.29, 1.82) is 0 Å². The molecular weight excluding hydrogens is 216 g/mol. The van der Waals surface area contributed by atoms with Gasteiger partial charge in [-0.1, -0.05) is 5.59 Å². The van der Waals surface area contributed by atoms with Crippen LogP contribution in [0.5, 0.6) is 0 Å². The molecule has 0 aromatic carbocycles. The van der Waals surface area contributed by atoms with Crippen molar-refractivity contribution in [2.75, 3.05) is 18.1 Å². The summed E-state index contributed by atoms with van der Waals surface area (Å²) in [5.74, 6) is 1.54. The van der Waals surface area contributed by atoms with Gasteiger partial charge in [-0.3, -0.25) is 4.98 Å². The first-order valence-corrected chi connectivity index (χ1v) is 5.98. The Kier molecular flexibility index (Phi) is 2.94. The van der Waals surface area contributed by atoms with E-state index in [1.54, 1.807) is 12.4 Å². The molecule has 1 aromatic rings. The molecular formula is C12H16N4O. The molecule has 5 heteroatoms. The summed E-state index contributed by atoms with van der Waals surface area (Å²) in [5.41, 5.74) is 3.88. The molecule has 0 aliphatic carbocycles. The maximum Gasteiger partial charge on any atom is 0.147 e. The molecule has 3 heterocycles. The summed E-state index contributed by atoms with van der Waals surface area (Å²) in [7, 11) is 0. The monoisotopic (exact) mass is 232 g/mol. The Balaban J connectivity index is 1.72. The van der Waals surface area contributed by atoms with E-state index in [0.717, 1.165) is 37.4 Å². The van der Waals surface area contributed by atoms with Gasteiger partial charge < -0.3 is 10.2 Å². The van der Waals surface area contributed by atoms with Crippen molar-refractivity contribution in [3.8, 4) is 0 Å². The van der Waals surface area contributed by atoms with Crippen LogP contribution in [0.2, 0.25) is 0 Å². The minimum atomic E-state index is 0.519. The Bertz CT molecular complexity index is 400. The molecule has 17 heavy (non-hydrogen) atoms. The number of anilines is 1. The third-order valence-electron chi connectivity index (χ3n) is 3.18. The third-order valence-corrected chi connectivity index (χ3v) is 3.18. The maximum absolute atomic E-state index is 5.54. The number of hydrogen-bond donors (Lipinski definition) is 2. The van der Waals surface area contributed by atoms with Gasteiger partial charge in [-0.15, -0.1) is 0 Å². The first kappa shape index (κ1) is 10.6. The fraction of sp³-hybridized carbons (Fsp3) is 0.417. The Morgan fingerprint density at radius 1 is 1.35 bits per heavy atom. The summed E-state index contributed by atoms with van der Waals surface area (Å²) in [6.45, 7) is 2.14. The predicted molar refractivity (Wildman–Crippen MR) is 64.6 cm³/mol. The molecule has 1 fully saturated rings. The van der Waals surface area contributed by atoms with Crippen molar-refractivity contribution < 1.29 is 4.84 Å². The standard InChI is InChI=1S/C12H16N4O/c1-2-11(8-14-5-1)16-9-12(17-15-16)10-3-6-13-7-4-10/h1-2,5,8-10,13,15H,3-4,6-7H2. The smallest absolute Gasteiger partial charge is 0.147 e. The fourth-order valence-corrected chi connectivity index (χ4v) is 2.20. The van der Waals surface area contributed by atoms with Gasteiger partial charge in [0.1, 0.15) is 5.76 Å². The van der Waals surface area contributed by atoms with Gasteiger partial charge in [-0.25, -0.2) is 5.01 Å². The molecule has 0 spiro atoms. The predicted octanol–water partition coefficient (Wildman–Crippen LogP) is 1.18. The maximum atomic E-state index is 5.54. The zero-order valence-corrected chi connectivity index (χ0v) is 9.60. The second-order valence-electron chi connectivity index (χ2n) is 4.33. The highest BCUT2D eigenvalue weighted by Crippen LogP contribution is 2.26. The molecule has 1 saturated heterocycles. The number of nitrogens with zero attached hydrogens (tertiary/aromatic N) is 2. The topological polar surface area (TPSA) is 49.4 Å². The molecule has 1 aromatic heterocycles. The van der Waals surface area contributed by atoms with E-state index in [2.05, 4.69) is 15.9 Å². The SMILES string of the molecule is C1=C(C2CCNCC2)ONN1c1cccnc1. The van der Waals surface area contributed by atoms with E-state index in [4.69, 9.17) is 4.84 Å². The molecule has 0 saturated carbocycles. The second-order valence-corrected chi connectivity index (χ2v) is 4.33. The van der Waals surface area contributed by atoms with E-state index >= 15 is 0 Å². The summed E-state index contributed by atoms with van der Waals surface area (Å²) in [4.78, 5) is 9.63. The number of nitrogens with one attached hydrogen (secondary N) is 2. The summed E-state index contributed by atoms with van der Waals surface area (Å²) in [6.07, 6.45) is 7.85. The number of rotatable bonds is 2. The highest BCUT2D eigenvalue weighted by atomic mass is 16.7. The van der Waals surface area contributed by atoms with Gasteiger partial charge in [0.2, 0.25) is 0 Å². The van der Waals surface area contributed by atoms with E-state index in [-0.39, 0.29) is 0 Å². The first-order chi connectivity index (χ1) is 8.43. The van der Waals surface area contributed by atoms with E-state index < -0.39 is 0 Å². The minimum Gasteiger partial charge on any atom is -0.391 e. The molecule has 5 nitrogen and oxygen atoms in total. The van der Waals surface area contributed by atoms with Crippen LogP contribution in [0.15, 0.2) is 36.5 Å². The van der Waals surface area contributed by atoms with Crippen LogP contribution in [-0.2, 0) is 4.84 Å². The number of piperidine rings is 1. The second kappa shape index (κ2) is 4.73. The van der Waals surface area contributed by atoms with E-state index in [0.29, 0.717) is 5.92 Å². The Morgan fingerprint density at radius 2 is 2.24 bits per heavy atom. The number of aromatic nitrogens is 1. The highest BCUT2D eigenvalue weighted by molar-refractivity contribution is 5.46. The van der Waals surface area contributed by atoms with Crippen LogP contribution in [0.25, 0.3) is 0 Å². The van der Waals surface area contributed by atoms with Crippen LogP contribution < -0.4 is 15.9 Å². The quantitative estimate of drug-likeness (QED) is 0.802. The first-order valence-electron chi connectivity index (χ1n) is 5.98. The molecule has 0 atom stereocenters. The van der Waals surface area contributed by atoms with Gasteiger partial charge >= 0.3 is 0 Å². The van der Waals surface area contributed by atoms with Crippen LogP contribution in [0.3, 0.4) is 0 Å². The molecule has 0 unspecified atom stereocenters. The molecule has 2 aliphatic rings. The molecule has 90 valence electrons. The van der Waals surface area contributed by atoms with Gasteiger partial charge in [0.25, 0.3) is 0 Å². The highest BCUT2D eigenvalue weighted by Gasteiger charge is 2.24. The molecule has 2 N–H and O–H groups in total. The molecule has 0 bridgehead atoms. The lowest BCUT2D eigenvalue weighted by molar-refractivity contribution is 0.0998. The molecule has 2 aliphatic heterocycles. The summed E-state index contributed by atoms with van der Waals surface area (Å²) in [5, 5.41) is 5.22. The third kappa shape index (κ3) is 2.25. The van der Waals surface area contributed by atoms with Crippen molar-refractivity contribution in [3.63, 3.8) is 0 Å². The van der Waals surface area contributed by atoms with Gasteiger partial charge in [0.15, 0.2) is 0 Å². The number of allylic oxidation sites excluding steroid dienone is 1. The minimum absolute atomic E-state index is 0.519. The fourth-order valence-electron chi connectivity index (χ4n) is 2.20. The zero-order chi connectivity index (χ0) is 11.5. The molecule has 0 radical (unpaired) electrons. The van der Waals surface area contributed by atoms with Gasteiger partial charge in [0.05, 0.1) is 18.1 Å². The normalized spacial score (nSPS) is 21.2. The number of hydrogen-bond acceptors (Lipinski definition) is 5. The Labute approximate surface area is 100 Å². The molecule has 3 rings (SSSR count). The van der Waals surface area contributed by atoms with Crippen molar-refractivity contribution >= 4 is 5.69 Å². The van der Waals surface area contributed by atoms with Crippen molar-refractivity contribution in [1.82, 2.24) is 15.9 Å². The van der Waals surface area contributed by atoms with Gasteiger partial charge in [-0.05, 0) is 38.1 Å². The van der Waals surface area contributed by atoms with Crippen LogP contribution in [-0.4, -0.2) is 18.1 Å². The average Bonchev–Trinajstić information content (AvgIpc) is 2.90. The van der Waals surface area contributed by atoms with Crippen molar-refractivity contribution in [2.24, 2.45) is 5.92 Å².